The van der Waals surface area contributed by atoms with Crippen molar-refractivity contribution in [2.45, 2.75) is 77.3 Å². The molecule has 0 unspecified atom stereocenters. The van der Waals surface area contributed by atoms with Gasteiger partial charge in [0.1, 0.15) is 11.3 Å². The number of nitrogens with one attached hydrogen (secondary N) is 1. The number of likely N-dealkylation sites (tertiary alicyclic amines) is 1. The first-order chi connectivity index (χ1) is 18.2. The Morgan fingerprint density at radius 3 is 2.28 bits per heavy atom. The Balaban J connectivity index is 1.82. The molecule has 0 radical (unpaired) electrons. The third kappa shape index (κ3) is 7.84. The van der Waals surface area contributed by atoms with E-state index in [1.807, 2.05) is 53.7 Å². The molecule has 1 aliphatic heterocycles. The summed E-state index contributed by atoms with van der Waals surface area (Å²) in [5, 5.41) is 15.2. The highest BCUT2D eigenvalue weighted by atomic mass is 32.2. The molecule has 1 N–H and O–H groups in total. The molecule has 1 heterocycles. The molecule has 0 spiro atoms. The molecule has 1 amide bonds. The van der Waals surface area contributed by atoms with E-state index in [9.17, 15) is 23.3 Å². The number of rotatable bonds is 9. The van der Waals surface area contributed by atoms with Gasteiger partial charge >= 0.3 is 6.09 Å². The number of nitro groups is 1. The maximum atomic E-state index is 13.7. The number of ether oxygens (including phenoxy) is 1. The average molecular weight is 561 g/mol. The molecule has 0 bridgehead atoms. The Morgan fingerprint density at radius 2 is 1.77 bits per heavy atom. The lowest BCUT2D eigenvalue weighted by Gasteiger charge is -2.34. The van der Waals surface area contributed by atoms with Crippen LogP contribution in [-0.2, 0) is 21.2 Å². The predicted octanol–water partition coefficient (Wildman–Crippen LogP) is 5.82. The van der Waals surface area contributed by atoms with Crippen LogP contribution in [0.15, 0.2) is 47.4 Å². The van der Waals surface area contributed by atoms with E-state index < -0.39 is 20.5 Å². The van der Waals surface area contributed by atoms with Crippen LogP contribution < -0.4 is 9.62 Å². The van der Waals surface area contributed by atoms with Gasteiger partial charge in [-0.15, -0.1) is 0 Å². The SMILES string of the molecule is CCc1ccc(N(CC(C)C)S(=O)(=O)c2ccc(NC3CCN(C(=O)OC(C)(C)C)CC3)c([N+](=O)[O-])c2)cc1. The molecule has 1 saturated heterocycles. The molecular weight excluding hydrogens is 520 g/mol. The van der Waals surface area contributed by atoms with Gasteiger partial charge in [0, 0.05) is 31.7 Å². The zero-order valence-corrected chi connectivity index (χ0v) is 24.5. The van der Waals surface area contributed by atoms with Crippen LogP contribution >= 0.6 is 0 Å². The largest absolute Gasteiger partial charge is 0.444 e. The topological polar surface area (TPSA) is 122 Å². The van der Waals surface area contributed by atoms with Gasteiger partial charge in [-0.25, -0.2) is 13.2 Å². The van der Waals surface area contributed by atoms with Gasteiger partial charge in [-0.05, 0) is 75.8 Å². The number of aryl methyl sites for hydroxylation is 1. The van der Waals surface area contributed by atoms with Gasteiger partial charge < -0.3 is 15.0 Å². The predicted molar refractivity (Wildman–Crippen MR) is 153 cm³/mol. The fourth-order valence-corrected chi connectivity index (χ4v) is 6.05. The van der Waals surface area contributed by atoms with E-state index in [1.165, 1.54) is 16.4 Å². The number of benzene rings is 2. The monoisotopic (exact) mass is 560 g/mol. The summed E-state index contributed by atoms with van der Waals surface area (Å²) in [7, 11) is -4.06. The highest BCUT2D eigenvalue weighted by molar-refractivity contribution is 7.92. The Labute approximate surface area is 231 Å². The standard InChI is InChI=1S/C28H40N4O6S/c1-7-21-8-10-23(11-9-21)31(19-20(2)3)39(36,37)24-12-13-25(26(18-24)32(34)35)29-22-14-16-30(17-15-22)27(33)38-28(4,5)6/h8-13,18,20,22,29H,7,14-17,19H2,1-6H3. The molecule has 2 aromatic carbocycles. The van der Waals surface area contributed by atoms with Crippen LogP contribution in [0.1, 0.15) is 59.9 Å². The first kappa shape index (κ1) is 30.2. The second kappa shape index (κ2) is 12.2. The van der Waals surface area contributed by atoms with Crippen molar-refractivity contribution in [2.75, 3.05) is 29.3 Å². The van der Waals surface area contributed by atoms with Crippen molar-refractivity contribution >= 4 is 33.2 Å². The van der Waals surface area contributed by atoms with Crippen molar-refractivity contribution in [1.29, 1.82) is 0 Å². The van der Waals surface area contributed by atoms with Gasteiger partial charge in [0.15, 0.2) is 0 Å². The zero-order valence-electron chi connectivity index (χ0n) is 23.6. The number of nitrogens with zero attached hydrogens (tertiary/aromatic N) is 3. The molecule has 1 aliphatic rings. The van der Waals surface area contributed by atoms with Crippen LogP contribution in [0.4, 0.5) is 21.9 Å². The molecule has 0 aromatic heterocycles. The number of carbonyl (C=O) groups excluding carboxylic acids is 1. The number of sulfonamides is 1. The highest BCUT2D eigenvalue weighted by Gasteiger charge is 2.31. The summed E-state index contributed by atoms with van der Waals surface area (Å²) in [6.07, 6.45) is 1.60. The number of nitro benzene ring substituents is 1. The first-order valence-electron chi connectivity index (χ1n) is 13.4. The molecule has 214 valence electrons. The zero-order chi connectivity index (χ0) is 29.0. The Morgan fingerprint density at radius 1 is 1.15 bits per heavy atom. The second-order valence-corrected chi connectivity index (χ2v) is 13.1. The van der Waals surface area contributed by atoms with Gasteiger partial charge in [-0.2, -0.15) is 0 Å². The number of hydrogen-bond acceptors (Lipinski definition) is 7. The minimum absolute atomic E-state index is 0.0353. The number of anilines is 2. The quantitative estimate of drug-likeness (QED) is 0.303. The summed E-state index contributed by atoms with van der Waals surface area (Å²) in [6, 6.07) is 11.2. The van der Waals surface area contributed by atoms with Crippen LogP contribution in [0.25, 0.3) is 0 Å². The lowest BCUT2D eigenvalue weighted by molar-refractivity contribution is -0.384. The molecule has 0 aliphatic carbocycles. The van der Waals surface area contributed by atoms with Crippen molar-refractivity contribution in [3.63, 3.8) is 0 Å². The van der Waals surface area contributed by atoms with E-state index in [4.69, 9.17) is 4.74 Å². The smallest absolute Gasteiger partial charge is 0.410 e. The van der Waals surface area contributed by atoms with E-state index in [2.05, 4.69) is 5.32 Å². The molecule has 11 heteroatoms. The molecule has 3 rings (SSSR count). The summed E-state index contributed by atoms with van der Waals surface area (Å²) < 4.78 is 34.2. The maximum Gasteiger partial charge on any atom is 0.410 e. The number of hydrogen-bond donors (Lipinski definition) is 1. The van der Waals surface area contributed by atoms with Crippen LogP contribution in [-0.4, -0.2) is 55.6 Å². The third-order valence-corrected chi connectivity index (χ3v) is 8.21. The molecule has 0 atom stereocenters. The first-order valence-corrected chi connectivity index (χ1v) is 14.8. The van der Waals surface area contributed by atoms with Crippen molar-refractivity contribution in [3.05, 3.63) is 58.1 Å². The lowest BCUT2D eigenvalue weighted by atomic mass is 10.0. The fraction of sp³-hybridized carbons (Fsp3) is 0.536. The van der Waals surface area contributed by atoms with E-state index in [1.54, 1.807) is 17.0 Å². The van der Waals surface area contributed by atoms with Crippen molar-refractivity contribution < 1.29 is 22.9 Å². The van der Waals surface area contributed by atoms with Gasteiger partial charge in [0.05, 0.1) is 15.5 Å². The molecule has 2 aromatic rings. The summed E-state index contributed by atoms with van der Waals surface area (Å²) in [6.45, 7) is 12.4. The number of amides is 1. The summed E-state index contributed by atoms with van der Waals surface area (Å²) in [5.74, 6) is 0.0353. The minimum Gasteiger partial charge on any atom is -0.444 e. The minimum atomic E-state index is -4.06. The van der Waals surface area contributed by atoms with Gasteiger partial charge in [0.25, 0.3) is 15.7 Å². The van der Waals surface area contributed by atoms with E-state index in [0.29, 0.717) is 31.6 Å². The van der Waals surface area contributed by atoms with E-state index in [-0.39, 0.29) is 40.9 Å². The van der Waals surface area contributed by atoms with Crippen molar-refractivity contribution in [2.24, 2.45) is 5.92 Å². The normalized spacial score (nSPS) is 14.8. The van der Waals surface area contributed by atoms with E-state index >= 15 is 0 Å². The molecule has 10 nitrogen and oxygen atoms in total. The number of carbonyl (C=O) groups is 1. The second-order valence-electron chi connectivity index (χ2n) is 11.3. The van der Waals surface area contributed by atoms with Crippen LogP contribution in [0.2, 0.25) is 0 Å². The Bertz CT molecular complexity index is 1260. The van der Waals surface area contributed by atoms with Crippen LogP contribution in [0, 0.1) is 16.0 Å². The third-order valence-electron chi connectivity index (χ3n) is 6.42. The summed E-state index contributed by atoms with van der Waals surface area (Å²) in [5.41, 5.74) is 0.957. The maximum absolute atomic E-state index is 13.7. The highest BCUT2D eigenvalue weighted by Crippen LogP contribution is 2.33. The summed E-state index contributed by atoms with van der Waals surface area (Å²) >= 11 is 0. The average Bonchev–Trinajstić information content (AvgIpc) is 2.86. The summed E-state index contributed by atoms with van der Waals surface area (Å²) in [4.78, 5) is 25.3. The molecule has 1 fully saturated rings. The Hall–Kier alpha value is -3.34. The van der Waals surface area contributed by atoms with Crippen LogP contribution in [0.5, 0.6) is 0 Å². The van der Waals surface area contributed by atoms with Gasteiger partial charge in [0.2, 0.25) is 0 Å². The van der Waals surface area contributed by atoms with Crippen molar-refractivity contribution in [3.8, 4) is 0 Å². The number of piperidine rings is 1. The van der Waals surface area contributed by atoms with Crippen molar-refractivity contribution in [1.82, 2.24) is 4.90 Å². The van der Waals surface area contributed by atoms with E-state index in [0.717, 1.165) is 18.1 Å². The van der Waals surface area contributed by atoms with Gasteiger partial charge in [-0.1, -0.05) is 32.9 Å². The van der Waals surface area contributed by atoms with Gasteiger partial charge in [-0.3, -0.25) is 14.4 Å². The molecule has 39 heavy (non-hydrogen) atoms. The lowest BCUT2D eigenvalue weighted by Crippen LogP contribution is -2.44. The Kier molecular flexibility index (Phi) is 9.47. The fourth-order valence-electron chi connectivity index (χ4n) is 4.40. The van der Waals surface area contributed by atoms with Crippen LogP contribution in [0.3, 0.4) is 0 Å². The molecule has 0 saturated carbocycles. The molecular formula is C28H40N4O6S.